The van der Waals surface area contributed by atoms with Crippen LogP contribution < -0.4 is 10.4 Å². The molecule has 0 aromatic carbocycles. The highest BCUT2D eigenvalue weighted by Crippen LogP contribution is 2.30. The van der Waals surface area contributed by atoms with E-state index in [1.807, 2.05) is 0 Å². The molecule has 0 aromatic heterocycles. The Bertz CT molecular complexity index is 536. The molecule has 2 rings (SSSR count). The third kappa shape index (κ3) is 5.81. The molecule has 0 radical (unpaired) electrons. The molecule has 13 heteroatoms. The zero-order valence-electron chi connectivity index (χ0n) is 16.2. The molecule has 0 bridgehead atoms. The van der Waals surface area contributed by atoms with Gasteiger partial charge in [0, 0.05) is 27.6 Å². The fourth-order valence-corrected chi connectivity index (χ4v) is 3.27. The Morgan fingerprint density at radius 2 is 1.90 bits per heavy atom. The fraction of sp³-hybridized carbons (Fsp3) is 0.875. The summed E-state index contributed by atoms with van der Waals surface area (Å²) in [6.07, 6.45) is -9.84. The Hall–Kier alpha value is -1.42. The molecule has 9 atom stereocenters. The molecule has 2 aliphatic rings. The number of nitrogens with one attached hydrogen (secondary N) is 1. The smallest absolute Gasteiger partial charge is 0.295 e. The van der Waals surface area contributed by atoms with Gasteiger partial charge < -0.3 is 53.8 Å². The van der Waals surface area contributed by atoms with Crippen LogP contribution in [0.25, 0.3) is 0 Å². The fourth-order valence-electron chi connectivity index (χ4n) is 3.27. The number of carbonyl (C=O) groups excluding carboxylic acids is 2. The molecule has 0 aliphatic carbocycles. The monoisotopic (exact) mass is 424 g/mol. The summed E-state index contributed by atoms with van der Waals surface area (Å²) in [5.41, 5.74) is 0. The number of aliphatic hydroxyl groups excluding tert-OH is 2. The summed E-state index contributed by atoms with van der Waals surface area (Å²) in [4.78, 5) is 22.3. The lowest BCUT2D eigenvalue weighted by molar-refractivity contribution is -0.466. The quantitative estimate of drug-likeness (QED) is 0.247. The molecule has 3 N–H and O–H groups in total. The van der Waals surface area contributed by atoms with Crippen molar-refractivity contribution in [3.05, 3.63) is 0 Å². The number of amides is 1. The average Bonchev–Trinajstić information content (AvgIpc) is 2.66. The first-order chi connectivity index (χ1) is 13.9. The Kier molecular flexibility index (Phi) is 9.13. The SMILES string of the molecule is COC1OC(OC=O)[C@@H](O)C(OC2CC(O)[C@H](OC)C(OC[O-])O2)[C@@H]1NC(C)=O. The molecule has 2 fully saturated rings. The summed E-state index contributed by atoms with van der Waals surface area (Å²) < 4.78 is 36.5. The maximum absolute atomic E-state index is 11.6. The Morgan fingerprint density at radius 3 is 2.45 bits per heavy atom. The van der Waals surface area contributed by atoms with E-state index in [9.17, 15) is 24.9 Å². The van der Waals surface area contributed by atoms with Crippen LogP contribution in [0.4, 0.5) is 0 Å². The third-order valence-corrected chi connectivity index (χ3v) is 4.50. The summed E-state index contributed by atoms with van der Waals surface area (Å²) in [6.45, 7) is 0.379. The van der Waals surface area contributed by atoms with Gasteiger partial charge in [0.15, 0.2) is 18.9 Å². The van der Waals surface area contributed by atoms with Crippen LogP contribution in [0.15, 0.2) is 0 Å². The van der Waals surface area contributed by atoms with E-state index in [-0.39, 0.29) is 12.9 Å². The van der Waals surface area contributed by atoms with E-state index in [1.54, 1.807) is 0 Å². The first-order valence-electron chi connectivity index (χ1n) is 8.80. The number of ether oxygens (including phenoxy) is 7. The maximum Gasteiger partial charge on any atom is 0.295 e. The summed E-state index contributed by atoms with van der Waals surface area (Å²) in [6, 6.07) is -1.02. The largest absolute Gasteiger partial charge is 0.834 e. The van der Waals surface area contributed by atoms with Gasteiger partial charge in [0.1, 0.15) is 24.4 Å². The lowest BCUT2D eigenvalue weighted by Crippen LogP contribution is -2.66. The second kappa shape index (κ2) is 11.1. The highest BCUT2D eigenvalue weighted by molar-refractivity contribution is 5.73. The van der Waals surface area contributed by atoms with Crippen molar-refractivity contribution in [3.8, 4) is 0 Å². The highest BCUT2D eigenvalue weighted by Gasteiger charge is 2.50. The molecular weight excluding hydrogens is 398 g/mol. The summed E-state index contributed by atoms with van der Waals surface area (Å²) in [5, 5.41) is 34.2. The van der Waals surface area contributed by atoms with Gasteiger partial charge in [-0.15, -0.1) is 0 Å². The van der Waals surface area contributed by atoms with Gasteiger partial charge >= 0.3 is 0 Å². The summed E-state index contributed by atoms with van der Waals surface area (Å²) >= 11 is 0. The lowest BCUT2D eigenvalue weighted by Gasteiger charge is -2.46. The minimum absolute atomic E-state index is 0.0819. The van der Waals surface area contributed by atoms with Crippen LogP contribution in [0.5, 0.6) is 0 Å². The molecule has 1 amide bonds. The van der Waals surface area contributed by atoms with Crippen LogP contribution in [0.1, 0.15) is 13.3 Å². The van der Waals surface area contributed by atoms with E-state index in [0.29, 0.717) is 0 Å². The van der Waals surface area contributed by atoms with Crippen molar-refractivity contribution in [3.63, 3.8) is 0 Å². The zero-order chi connectivity index (χ0) is 21.6. The maximum atomic E-state index is 11.6. The van der Waals surface area contributed by atoms with Gasteiger partial charge in [-0.25, -0.2) is 0 Å². The van der Waals surface area contributed by atoms with Crippen molar-refractivity contribution in [1.29, 1.82) is 0 Å². The molecule has 2 saturated heterocycles. The van der Waals surface area contributed by atoms with Crippen molar-refractivity contribution in [2.45, 2.75) is 69.0 Å². The Morgan fingerprint density at radius 1 is 1.17 bits per heavy atom. The standard InChI is InChI=1S/C16H26NO12/c1-7(20)17-10-13(11(22)15(25-5-18)29-14(10)24-3)27-9-4-8(21)12(23-2)16(28-9)26-6-19/h5,8-16,21-22H,4,6H2,1-3H3,(H,17,20)/q-1/t8?,9?,10-,11-,12-,13?,14?,15?,16?/m0/s1. The zero-order valence-corrected chi connectivity index (χ0v) is 16.2. The highest BCUT2D eigenvalue weighted by atomic mass is 16.8. The van der Waals surface area contributed by atoms with Crippen LogP contribution in [0, 0.1) is 0 Å². The van der Waals surface area contributed by atoms with Gasteiger partial charge in [0.25, 0.3) is 6.47 Å². The first kappa shape index (κ1) is 23.9. The molecule has 13 nitrogen and oxygen atoms in total. The van der Waals surface area contributed by atoms with E-state index in [2.05, 4.69) is 5.32 Å². The van der Waals surface area contributed by atoms with Crippen molar-refractivity contribution >= 4 is 12.4 Å². The van der Waals surface area contributed by atoms with Gasteiger partial charge in [0.2, 0.25) is 12.2 Å². The average molecular weight is 424 g/mol. The van der Waals surface area contributed by atoms with Crippen molar-refractivity contribution in [1.82, 2.24) is 5.32 Å². The minimum Gasteiger partial charge on any atom is -0.834 e. The van der Waals surface area contributed by atoms with Gasteiger partial charge in [-0.3, -0.25) is 9.59 Å². The summed E-state index contributed by atoms with van der Waals surface area (Å²) in [5.74, 6) is -0.465. The first-order valence-corrected chi connectivity index (χ1v) is 8.80. The van der Waals surface area contributed by atoms with Crippen molar-refractivity contribution in [2.75, 3.05) is 21.0 Å². The molecule has 2 aliphatic heterocycles. The van der Waals surface area contributed by atoms with Crippen LogP contribution in [0.3, 0.4) is 0 Å². The number of aliphatic hydroxyl groups is 2. The molecule has 29 heavy (non-hydrogen) atoms. The van der Waals surface area contributed by atoms with E-state index in [1.165, 1.54) is 21.1 Å². The van der Waals surface area contributed by atoms with Gasteiger partial charge in [-0.1, -0.05) is 0 Å². The van der Waals surface area contributed by atoms with Gasteiger partial charge in [0.05, 0.1) is 6.10 Å². The van der Waals surface area contributed by atoms with E-state index in [4.69, 9.17) is 33.2 Å². The Labute approximate surface area is 166 Å². The number of carbonyl (C=O) groups is 2. The van der Waals surface area contributed by atoms with E-state index < -0.39 is 68.3 Å². The molecule has 0 saturated carbocycles. The molecule has 6 unspecified atom stereocenters. The topological polar surface area (TPSA) is 174 Å². The number of hydrogen-bond donors (Lipinski definition) is 3. The summed E-state index contributed by atoms with van der Waals surface area (Å²) in [7, 11) is 2.60. The predicted octanol–water partition coefficient (Wildman–Crippen LogP) is -3.48. The Balaban J connectivity index is 2.21. The van der Waals surface area contributed by atoms with Crippen molar-refractivity contribution in [2.24, 2.45) is 0 Å². The lowest BCUT2D eigenvalue weighted by atomic mass is 10.00. The van der Waals surface area contributed by atoms with Crippen LogP contribution >= 0.6 is 0 Å². The number of methoxy groups -OCH3 is 2. The van der Waals surface area contributed by atoms with E-state index in [0.717, 1.165) is 0 Å². The number of rotatable bonds is 9. The normalized spacial score (nSPS) is 40.3. The van der Waals surface area contributed by atoms with Gasteiger partial charge in [-0.2, -0.15) is 0 Å². The van der Waals surface area contributed by atoms with Crippen LogP contribution in [-0.2, 0) is 42.7 Å². The predicted molar refractivity (Wildman–Crippen MR) is 87.3 cm³/mol. The molecule has 168 valence electrons. The third-order valence-electron chi connectivity index (χ3n) is 4.50. The molecular formula is C16H26NO12-. The molecule has 2 heterocycles. The van der Waals surface area contributed by atoms with Crippen molar-refractivity contribution < 1.29 is 58.1 Å². The minimum atomic E-state index is -1.54. The van der Waals surface area contributed by atoms with E-state index >= 15 is 0 Å². The van der Waals surface area contributed by atoms with Gasteiger partial charge in [-0.05, 0) is 6.79 Å². The molecule has 0 spiro atoms. The second-order valence-corrected chi connectivity index (χ2v) is 6.38. The number of hydrogen-bond acceptors (Lipinski definition) is 12. The van der Waals surface area contributed by atoms with Crippen LogP contribution in [0.2, 0.25) is 0 Å². The van der Waals surface area contributed by atoms with Crippen LogP contribution in [-0.4, -0.2) is 99.2 Å². The second-order valence-electron chi connectivity index (χ2n) is 6.38. The molecule has 0 aromatic rings.